The van der Waals surface area contributed by atoms with Gasteiger partial charge in [-0.25, -0.2) is 0 Å². The first-order valence-corrected chi connectivity index (χ1v) is 8.42. The molecule has 0 spiro atoms. The molecule has 3 N–H and O–H groups in total. The number of nitrogens with two attached hydrogens (primary N) is 1. The normalized spacial score (nSPS) is 10.5. The van der Waals surface area contributed by atoms with Crippen LogP contribution in [0.5, 0.6) is 0 Å². The molecule has 1 aromatic carbocycles. The van der Waals surface area contributed by atoms with Crippen LogP contribution in [0.1, 0.15) is 23.0 Å². The molecule has 6 heteroatoms. The first-order valence-electron chi connectivity index (χ1n) is 6.18. The first-order chi connectivity index (χ1) is 9.61. The summed E-state index contributed by atoms with van der Waals surface area (Å²) < 4.78 is 0. The van der Waals surface area contributed by atoms with Crippen molar-refractivity contribution >= 4 is 52.0 Å². The van der Waals surface area contributed by atoms with Gasteiger partial charge in [0.2, 0.25) is 0 Å². The minimum Gasteiger partial charge on any atom is -0.397 e. The summed E-state index contributed by atoms with van der Waals surface area (Å²) in [7, 11) is 0. The molecular formula is C14H15ClN2OS2. The van der Waals surface area contributed by atoms with Crippen LogP contribution in [0, 0.1) is 0 Å². The number of benzene rings is 1. The molecule has 1 aromatic heterocycles. The molecule has 0 saturated heterocycles. The van der Waals surface area contributed by atoms with Crippen molar-refractivity contribution in [3.63, 3.8) is 0 Å². The fraction of sp³-hybridized carbons (Fsp3) is 0.214. The van der Waals surface area contributed by atoms with E-state index in [1.807, 2.05) is 18.2 Å². The second kappa shape index (κ2) is 7.02. The van der Waals surface area contributed by atoms with Crippen LogP contribution in [0.4, 0.5) is 11.4 Å². The third-order valence-corrected chi connectivity index (χ3v) is 5.11. The highest BCUT2D eigenvalue weighted by Crippen LogP contribution is 2.29. The molecule has 2 aromatic rings. The summed E-state index contributed by atoms with van der Waals surface area (Å²) in [5, 5.41) is 5.07. The van der Waals surface area contributed by atoms with Gasteiger partial charge in [0.1, 0.15) is 4.88 Å². The van der Waals surface area contributed by atoms with E-state index in [-0.39, 0.29) is 5.91 Å². The molecule has 0 aliphatic carbocycles. The molecule has 0 aliphatic heterocycles. The molecule has 0 unspecified atom stereocenters. The van der Waals surface area contributed by atoms with Gasteiger partial charge in [-0.05, 0) is 41.8 Å². The van der Waals surface area contributed by atoms with Crippen molar-refractivity contribution in [2.45, 2.75) is 18.2 Å². The summed E-state index contributed by atoms with van der Waals surface area (Å²) in [5.41, 5.74) is 7.08. The van der Waals surface area contributed by atoms with E-state index in [0.717, 1.165) is 17.1 Å². The third kappa shape index (κ3) is 3.69. The molecule has 0 saturated carbocycles. The van der Waals surface area contributed by atoms with Gasteiger partial charge in [-0.3, -0.25) is 4.79 Å². The van der Waals surface area contributed by atoms with Crippen LogP contribution in [0.2, 0.25) is 5.02 Å². The average Bonchev–Trinajstić information content (AvgIpc) is 2.86. The zero-order chi connectivity index (χ0) is 14.5. The minimum absolute atomic E-state index is 0.227. The lowest BCUT2D eigenvalue weighted by Gasteiger charge is -2.09. The van der Waals surface area contributed by atoms with Crippen LogP contribution < -0.4 is 11.1 Å². The summed E-state index contributed by atoms with van der Waals surface area (Å²) in [6.07, 6.45) is 1.10. The molecule has 1 amide bonds. The van der Waals surface area contributed by atoms with Crippen molar-refractivity contribution < 1.29 is 4.79 Å². The van der Waals surface area contributed by atoms with E-state index in [2.05, 4.69) is 12.2 Å². The van der Waals surface area contributed by atoms with Crippen molar-refractivity contribution in [2.24, 2.45) is 0 Å². The van der Waals surface area contributed by atoms with Crippen LogP contribution in [0.3, 0.4) is 0 Å². The topological polar surface area (TPSA) is 55.1 Å². The van der Waals surface area contributed by atoms with Gasteiger partial charge in [0.15, 0.2) is 0 Å². The Morgan fingerprint density at radius 2 is 2.25 bits per heavy atom. The Morgan fingerprint density at radius 1 is 1.45 bits per heavy atom. The molecule has 20 heavy (non-hydrogen) atoms. The Labute approximate surface area is 131 Å². The lowest BCUT2D eigenvalue weighted by atomic mass is 10.2. The average molecular weight is 327 g/mol. The number of carbonyl (C=O) groups excluding carboxylic acids is 1. The minimum atomic E-state index is -0.227. The smallest absolute Gasteiger partial charge is 0.267 e. The van der Waals surface area contributed by atoms with Gasteiger partial charge < -0.3 is 11.1 Å². The van der Waals surface area contributed by atoms with Gasteiger partial charge in [-0.15, -0.1) is 23.1 Å². The van der Waals surface area contributed by atoms with E-state index in [1.54, 1.807) is 23.2 Å². The van der Waals surface area contributed by atoms with Gasteiger partial charge in [0.05, 0.1) is 16.4 Å². The maximum absolute atomic E-state index is 12.1. The molecule has 3 nitrogen and oxygen atoms in total. The van der Waals surface area contributed by atoms with Gasteiger partial charge >= 0.3 is 0 Å². The highest BCUT2D eigenvalue weighted by Gasteiger charge is 2.13. The number of nitrogen functional groups attached to an aromatic ring is 1. The van der Waals surface area contributed by atoms with Crippen LogP contribution in [0.25, 0.3) is 0 Å². The number of anilines is 2. The fourth-order valence-corrected chi connectivity index (χ4v) is 3.43. The summed E-state index contributed by atoms with van der Waals surface area (Å²) in [4.78, 5) is 13.7. The van der Waals surface area contributed by atoms with Crippen LogP contribution >= 0.6 is 34.7 Å². The molecule has 0 aliphatic rings. The highest BCUT2D eigenvalue weighted by molar-refractivity contribution is 7.99. The Hall–Kier alpha value is -1.17. The summed E-state index contributed by atoms with van der Waals surface area (Å²) >= 11 is 9.01. The third-order valence-electron chi connectivity index (χ3n) is 2.57. The molecule has 2 rings (SSSR count). The van der Waals surface area contributed by atoms with Gasteiger partial charge in [-0.1, -0.05) is 18.5 Å². The van der Waals surface area contributed by atoms with Crippen molar-refractivity contribution in [1.82, 2.24) is 0 Å². The predicted molar refractivity (Wildman–Crippen MR) is 89.2 cm³/mol. The van der Waals surface area contributed by atoms with E-state index >= 15 is 0 Å². The Kier molecular flexibility index (Phi) is 5.34. The molecule has 0 atom stereocenters. The van der Waals surface area contributed by atoms with E-state index in [4.69, 9.17) is 17.3 Å². The lowest BCUT2D eigenvalue weighted by molar-refractivity contribution is 0.103. The summed E-state index contributed by atoms with van der Waals surface area (Å²) in [6, 6.07) is 7.38. The second-order valence-corrected chi connectivity index (χ2v) is 6.64. The van der Waals surface area contributed by atoms with Crippen LogP contribution in [0.15, 0.2) is 34.5 Å². The number of rotatable bonds is 5. The van der Waals surface area contributed by atoms with Crippen molar-refractivity contribution in [2.75, 3.05) is 16.8 Å². The van der Waals surface area contributed by atoms with Crippen LogP contribution in [-0.2, 0) is 0 Å². The Bertz CT molecular complexity index is 613. The fourth-order valence-electron chi connectivity index (χ4n) is 1.59. The number of amides is 1. The van der Waals surface area contributed by atoms with Gasteiger partial charge in [0.25, 0.3) is 5.91 Å². The van der Waals surface area contributed by atoms with Gasteiger partial charge in [0, 0.05) is 4.90 Å². The zero-order valence-corrected chi connectivity index (χ0v) is 13.4. The van der Waals surface area contributed by atoms with Crippen molar-refractivity contribution in [1.29, 1.82) is 0 Å². The number of hydrogen-bond donors (Lipinski definition) is 2. The van der Waals surface area contributed by atoms with Gasteiger partial charge in [-0.2, -0.15) is 0 Å². The molecule has 0 fully saturated rings. The quantitative estimate of drug-likeness (QED) is 0.616. The SMILES string of the molecule is CCCSc1ccc(N)c(NC(=O)c2sccc2Cl)c1. The number of hydrogen-bond acceptors (Lipinski definition) is 4. The molecule has 1 heterocycles. The van der Waals surface area contributed by atoms with Crippen molar-refractivity contribution in [3.8, 4) is 0 Å². The summed E-state index contributed by atoms with van der Waals surface area (Å²) in [6.45, 7) is 2.13. The van der Waals surface area contributed by atoms with Crippen LogP contribution in [-0.4, -0.2) is 11.7 Å². The predicted octanol–water partition coefficient (Wildman–Crippen LogP) is 4.74. The molecule has 0 radical (unpaired) electrons. The zero-order valence-electron chi connectivity index (χ0n) is 11.0. The standard InChI is InChI=1S/C14H15ClN2OS2/c1-2-6-19-9-3-4-11(16)12(8-9)17-14(18)13-10(15)5-7-20-13/h3-5,7-8H,2,6,16H2,1H3,(H,17,18). The van der Waals surface area contributed by atoms with E-state index in [1.165, 1.54) is 11.3 Å². The molecule has 106 valence electrons. The number of thiophene rings is 1. The number of nitrogens with one attached hydrogen (secondary N) is 1. The Balaban J connectivity index is 2.16. The second-order valence-electron chi connectivity index (χ2n) is 4.15. The molecular weight excluding hydrogens is 312 g/mol. The summed E-state index contributed by atoms with van der Waals surface area (Å²) in [5.74, 6) is 0.808. The Morgan fingerprint density at radius 3 is 2.90 bits per heavy atom. The number of halogens is 1. The number of carbonyl (C=O) groups is 1. The van der Waals surface area contributed by atoms with Crippen molar-refractivity contribution in [3.05, 3.63) is 39.5 Å². The number of thioether (sulfide) groups is 1. The maximum atomic E-state index is 12.1. The van der Waals surface area contributed by atoms with E-state index < -0.39 is 0 Å². The largest absolute Gasteiger partial charge is 0.397 e. The molecule has 0 bridgehead atoms. The van der Waals surface area contributed by atoms with E-state index in [9.17, 15) is 4.79 Å². The lowest BCUT2D eigenvalue weighted by Crippen LogP contribution is -2.12. The monoisotopic (exact) mass is 326 g/mol. The maximum Gasteiger partial charge on any atom is 0.267 e. The highest BCUT2D eigenvalue weighted by atomic mass is 35.5. The first kappa shape index (κ1) is 15.2. The van der Waals surface area contributed by atoms with E-state index in [0.29, 0.717) is 21.3 Å².